The monoisotopic (exact) mass is 335 g/mol. The zero-order valence-electron chi connectivity index (χ0n) is 15.6. The van der Waals surface area contributed by atoms with Crippen LogP contribution in [0.4, 0.5) is 0 Å². The number of nitrogens with zero attached hydrogens (tertiary/aromatic N) is 1. The summed E-state index contributed by atoms with van der Waals surface area (Å²) in [7, 11) is 0. The quantitative estimate of drug-likeness (QED) is 0.532. The van der Waals surface area contributed by atoms with Crippen LogP contribution >= 0.6 is 0 Å². The van der Waals surface area contributed by atoms with E-state index in [9.17, 15) is 0 Å². The van der Waals surface area contributed by atoms with E-state index in [1.807, 2.05) is 12.1 Å². The Morgan fingerprint density at radius 2 is 1.44 bits per heavy atom. The van der Waals surface area contributed by atoms with Gasteiger partial charge in [0.05, 0.1) is 11.6 Å². The molecular formula is C24H33N. The van der Waals surface area contributed by atoms with E-state index in [1.54, 1.807) is 0 Å². The second-order valence-electron chi connectivity index (χ2n) is 8.43. The number of hydrogen-bond acceptors (Lipinski definition) is 1. The van der Waals surface area contributed by atoms with Crippen molar-refractivity contribution in [2.75, 3.05) is 0 Å². The standard InChI is InChI=1S/C24H33N/c1-2-3-19-10-14-23(15-11-19)24-16-12-21(13-17-24)5-4-20-6-8-22(18-25)9-7-20/h2,6-9,19,21,23-24H,1,3-5,10-17H2. The molecule has 0 radical (unpaired) electrons. The van der Waals surface area contributed by atoms with Crippen LogP contribution in [0, 0.1) is 35.0 Å². The topological polar surface area (TPSA) is 23.8 Å². The summed E-state index contributed by atoms with van der Waals surface area (Å²) in [5.41, 5.74) is 2.16. The molecule has 0 spiro atoms. The lowest BCUT2D eigenvalue weighted by Gasteiger charge is -2.37. The van der Waals surface area contributed by atoms with Crippen molar-refractivity contribution in [1.82, 2.24) is 0 Å². The Morgan fingerprint density at radius 3 is 1.96 bits per heavy atom. The molecule has 0 bridgehead atoms. The summed E-state index contributed by atoms with van der Waals surface area (Å²) in [5, 5.41) is 8.88. The molecule has 0 aromatic heterocycles. The smallest absolute Gasteiger partial charge is 0.0991 e. The molecule has 134 valence electrons. The second kappa shape index (κ2) is 9.23. The van der Waals surface area contributed by atoms with Crippen molar-refractivity contribution in [2.24, 2.45) is 23.7 Å². The minimum atomic E-state index is 0.770. The minimum Gasteiger partial charge on any atom is -0.192 e. The molecule has 1 nitrogen and oxygen atoms in total. The van der Waals surface area contributed by atoms with Gasteiger partial charge in [0, 0.05) is 0 Å². The van der Waals surface area contributed by atoms with E-state index >= 15 is 0 Å². The first kappa shape index (κ1) is 18.2. The highest BCUT2D eigenvalue weighted by Gasteiger charge is 2.30. The first-order valence-electron chi connectivity index (χ1n) is 10.4. The van der Waals surface area contributed by atoms with Crippen molar-refractivity contribution >= 4 is 0 Å². The number of hydrogen-bond donors (Lipinski definition) is 0. The van der Waals surface area contributed by atoms with Gasteiger partial charge < -0.3 is 0 Å². The van der Waals surface area contributed by atoms with Crippen molar-refractivity contribution in [3.8, 4) is 6.07 Å². The van der Waals surface area contributed by atoms with E-state index in [-0.39, 0.29) is 0 Å². The Labute approximate surface area is 154 Å². The first-order chi connectivity index (χ1) is 12.3. The molecular weight excluding hydrogens is 302 g/mol. The Hall–Kier alpha value is -1.55. The third-order valence-corrected chi connectivity index (χ3v) is 6.87. The van der Waals surface area contributed by atoms with Gasteiger partial charge in [0.2, 0.25) is 0 Å². The van der Waals surface area contributed by atoms with Gasteiger partial charge in [-0.3, -0.25) is 0 Å². The molecule has 0 unspecified atom stereocenters. The predicted molar refractivity (Wildman–Crippen MR) is 105 cm³/mol. The number of benzene rings is 1. The lowest BCUT2D eigenvalue weighted by molar-refractivity contribution is 0.144. The van der Waals surface area contributed by atoms with Gasteiger partial charge in [0.1, 0.15) is 0 Å². The maximum atomic E-state index is 8.88. The van der Waals surface area contributed by atoms with Gasteiger partial charge in [0.15, 0.2) is 0 Å². The van der Waals surface area contributed by atoms with E-state index in [0.717, 1.165) is 29.2 Å². The van der Waals surface area contributed by atoms with Crippen molar-refractivity contribution in [2.45, 2.75) is 70.6 Å². The Kier molecular flexibility index (Phi) is 6.74. The zero-order chi connectivity index (χ0) is 17.5. The summed E-state index contributed by atoms with van der Waals surface area (Å²) in [5.74, 6) is 3.87. The van der Waals surface area contributed by atoms with Crippen molar-refractivity contribution < 1.29 is 0 Å². The van der Waals surface area contributed by atoms with Crippen LogP contribution in [0.15, 0.2) is 36.9 Å². The van der Waals surface area contributed by atoms with Crippen LogP contribution in [0.1, 0.15) is 75.3 Å². The highest BCUT2D eigenvalue weighted by Crippen LogP contribution is 2.42. The molecule has 0 amide bonds. The highest BCUT2D eigenvalue weighted by atomic mass is 14.4. The highest BCUT2D eigenvalue weighted by molar-refractivity contribution is 5.31. The van der Waals surface area contributed by atoms with Gasteiger partial charge in [-0.2, -0.15) is 5.26 Å². The molecule has 2 aliphatic rings. The van der Waals surface area contributed by atoms with Crippen LogP contribution in [0.2, 0.25) is 0 Å². The number of nitriles is 1. The van der Waals surface area contributed by atoms with Crippen molar-refractivity contribution in [1.29, 1.82) is 5.26 Å². The summed E-state index contributed by atoms with van der Waals surface area (Å²) >= 11 is 0. The maximum absolute atomic E-state index is 8.88. The fourth-order valence-electron chi connectivity index (χ4n) is 5.20. The average Bonchev–Trinajstić information content (AvgIpc) is 2.68. The molecule has 25 heavy (non-hydrogen) atoms. The van der Waals surface area contributed by atoms with Crippen molar-refractivity contribution in [3.63, 3.8) is 0 Å². The van der Waals surface area contributed by atoms with E-state index < -0.39 is 0 Å². The molecule has 0 saturated heterocycles. The van der Waals surface area contributed by atoms with E-state index in [0.29, 0.717) is 0 Å². The van der Waals surface area contributed by atoms with Crippen molar-refractivity contribution in [3.05, 3.63) is 48.0 Å². The molecule has 1 aromatic rings. The lowest BCUT2D eigenvalue weighted by Crippen LogP contribution is -2.26. The maximum Gasteiger partial charge on any atom is 0.0991 e. The Balaban J connectivity index is 1.37. The molecule has 0 atom stereocenters. The van der Waals surface area contributed by atoms with Gasteiger partial charge in [-0.25, -0.2) is 0 Å². The molecule has 2 aliphatic carbocycles. The van der Waals surface area contributed by atoms with Crippen LogP contribution in [-0.4, -0.2) is 0 Å². The largest absolute Gasteiger partial charge is 0.192 e. The minimum absolute atomic E-state index is 0.770. The fourth-order valence-corrected chi connectivity index (χ4v) is 5.20. The molecule has 0 heterocycles. The van der Waals surface area contributed by atoms with Gasteiger partial charge in [-0.15, -0.1) is 6.58 Å². The Morgan fingerprint density at radius 1 is 0.880 bits per heavy atom. The zero-order valence-corrected chi connectivity index (χ0v) is 15.6. The van der Waals surface area contributed by atoms with E-state index in [1.165, 1.54) is 76.2 Å². The summed E-state index contributed by atoms with van der Waals surface area (Å²) in [6.45, 7) is 3.91. The van der Waals surface area contributed by atoms with Crippen LogP contribution in [0.3, 0.4) is 0 Å². The predicted octanol–water partition coefficient (Wildman–Crippen LogP) is 6.68. The molecule has 1 aromatic carbocycles. The fraction of sp³-hybridized carbons (Fsp3) is 0.625. The second-order valence-corrected chi connectivity index (χ2v) is 8.43. The van der Waals surface area contributed by atoms with Gasteiger partial charge in [0.25, 0.3) is 0 Å². The van der Waals surface area contributed by atoms with Crippen LogP contribution in [0.5, 0.6) is 0 Å². The molecule has 0 N–H and O–H groups in total. The lowest BCUT2D eigenvalue weighted by atomic mass is 9.68. The summed E-state index contributed by atoms with van der Waals surface area (Å²) in [4.78, 5) is 0. The van der Waals surface area contributed by atoms with Crippen LogP contribution < -0.4 is 0 Å². The number of rotatable bonds is 6. The molecule has 2 fully saturated rings. The van der Waals surface area contributed by atoms with E-state index in [2.05, 4.69) is 30.9 Å². The summed E-state index contributed by atoms with van der Waals surface area (Å²) in [6.07, 6.45) is 17.5. The third kappa shape index (κ3) is 5.21. The molecule has 0 aliphatic heterocycles. The van der Waals surface area contributed by atoms with Crippen LogP contribution in [0.25, 0.3) is 0 Å². The molecule has 3 rings (SSSR count). The normalized spacial score (nSPS) is 29.7. The summed E-state index contributed by atoms with van der Waals surface area (Å²) < 4.78 is 0. The molecule has 1 heteroatoms. The SMILES string of the molecule is C=CCC1CCC(C2CCC(CCc3ccc(C#N)cc3)CC2)CC1. The van der Waals surface area contributed by atoms with Gasteiger partial charge >= 0.3 is 0 Å². The third-order valence-electron chi connectivity index (χ3n) is 6.87. The van der Waals surface area contributed by atoms with Gasteiger partial charge in [-0.1, -0.05) is 31.1 Å². The van der Waals surface area contributed by atoms with Crippen LogP contribution in [-0.2, 0) is 6.42 Å². The Bertz CT molecular complexity index is 563. The van der Waals surface area contributed by atoms with E-state index in [4.69, 9.17) is 5.26 Å². The van der Waals surface area contributed by atoms with Gasteiger partial charge in [-0.05, 0) is 99.2 Å². The molecule has 2 saturated carbocycles. The summed E-state index contributed by atoms with van der Waals surface area (Å²) in [6, 6.07) is 10.4. The first-order valence-corrected chi connectivity index (χ1v) is 10.4. The number of allylic oxidation sites excluding steroid dienone is 1. The number of aryl methyl sites for hydroxylation is 1. The average molecular weight is 336 g/mol.